The van der Waals surface area contributed by atoms with Gasteiger partial charge in [-0.05, 0) is 60.9 Å². The number of anilines is 1. The number of rotatable bonds is 7. The number of hydrogen-bond donors (Lipinski definition) is 2. The van der Waals surface area contributed by atoms with Crippen molar-refractivity contribution < 1.29 is 14.7 Å². The van der Waals surface area contributed by atoms with Gasteiger partial charge in [0.05, 0.1) is 11.5 Å². The Bertz CT molecular complexity index is 826. The number of hydrogen-bond acceptors (Lipinski definition) is 3. The van der Waals surface area contributed by atoms with E-state index in [-0.39, 0.29) is 17.4 Å². The number of para-hydroxylation sites is 1. The predicted octanol–water partition coefficient (Wildman–Crippen LogP) is 4.14. The predicted molar refractivity (Wildman–Crippen MR) is 111 cm³/mol. The van der Waals surface area contributed by atoms with Crippen LogP contribution >= 0.6 is 0 Å². The third kappa shape index (κ3) is 4.53. The highest BCUT2D eigenvalue weighted by Crippen LogP contribution is 2.35. The number of primary amides is 1. The molecule has 0 spiro atoms. The molecule has 0 aromatic heterocycles. The molecule has 1 aliphatic rings. The van der Waals surface area contributed by atoms with Gasteiger partial charge in [0.15, 0.2) is 0 Å². The number of piperidine rings is 1. The molecule has 3 rings (SSSR count). The van der Waals surface area contributed by atoms with E-state index in [1.165, 1.54) is 42.6 Å². The number of nitrogens with two attached hydrogens (primary N) is 1. The van der Waals surface area contributed by atoms with Gasteiger partial charge in [0.25, 0.3) is 0 Å². The molecule has 0 aliphatic carbocycles. The Balaban J connectivity index is 1.82. The normalized spacial score (nSPS) is 16.4. The van der Waals surface area contributed by atoms with Crippen molar-refractivity contribution >= 4 is 17.6 Å². The van der Waals surface area contributed by atoms with E-state index in [9.17, 15) is 9.59 Å². The molecule has 1 aliphatic heterocycles. The van der Waals surface area contributed by atoms with Crippen molar-refractivity contribution in [3.63, 3.8) is 0 Å². The van der Waals surface area contributed by atoms with Crippen molar-refractivity contribution in [2.45, 2.75) is 44.4 Å². The molecule has 2 aromatic carbocycles. The van der Waals surface area contributed by atoms with Crippen molar-refractivity contribution in [3.8, 4) is 0 Å². The Morgan fingerprint density at radius 1 is 1.04 bits per heavy atom. The van der Waals surface area contributed by atoms with Gasteiger partial charge in [-0.3, -0.25) is 4.79 Å². The van der Waals surface area contributed by atoms with Gasteiger partial charge in [-0.1, -0.05) is 37.3 Å². The van der Waals surface area contributed by atoms with E-state index in [4.69, 9.17) is 10.8 Å². The van der Waals surface area contributed by atoms with Gasteiger partial charge in [-0.2, -0.15) is 0 Å². The fraction of sp³-hybridized carbons (Fsp3) is 0.391. The van der Waals surface area contributed by atoms with Crippen molar-refractivity contribution in [2.24, 2.45) is 5.73 Å². The molecule has 1 saturated heterocycles. The number of carbonyl (C=O) groups is 2. The Labute approximate surface area is 166 Å². The van der Waals surface area contributed by atoms with Gasteiger partial charge in [0.2, 0.25) is 5.91 Å². The van der Waals surface area contributed by atoms with Gasteiger partial charge < -0.3 is 15.7 Å². The van der Waals surface area contributed by atoms with Crippen molar-refractivity contribution in [3.05, 3.63) is 65.2 Å². The van der Waals surface area contributed by atoms with Crippen molar-refractivity contribution in [1.29, 1.82) is 0 Å². The van der Waals surface area contributed by atoms with Crippen LogP contribution in [0.2, 0.25) is 0 Å². The second-order valence-electron chi connectivity index (χ2n) is 7.63. The number of carboxylic acids is 1. The maximum Gasteiger partial charge on any atom is 0.335 e. The molecule has 1 fully saturated rings. The smallest absolute Gasteiger partial charge is 0.335 e. The summed E-state index contributed by atoms with van der Waals surface area (Å²) in [4.78, 5) is 25.7. The zero-order valence-corrected chi connectivity index (χ0v) is 16.3. The largest absolute Gasteiger partial charge is 0.478 e. The second-order valence-corrected chi connectivity index (χ2v) is 7.63. The van der Waals surface area contributed by atoms with Crippen LogP contribution in [0.4, 0.5) is 5.69 Å². The Morgan fingerprint density at radius 2 is 1.68 bits per heavy atom. The van der Waals surface area contributed by atoms with Crippen LogP contribution in [0.25, 0.3) is 0 Å². The minimum absolute atomic E-state index is 0.148. The fourth-order valence-corrected chi connectivity index (χ4v) is 4.08. The van der Waals surface area contributed by atoms with Crippen molar-refractivity contribution in [1.82, 2.24) is 0 Å². The first-order valence-corrected chi connectivity index (χ1v) is 9.94. The molecule has 0 saturated carbocycles. The molecule has 0 bridgehead atoms. The number of aromatic carboxylic acids is 1. The van der Waals surface area contributed by atoms with Crippen LogP contribution in [0.3, 0.4) is 0 Å². The molecular weight excluding hydrogens is 352 g/mol. The summed E-state index contributed by atoms with van der Waals surface area (Å²) in [5, 5.41) is 9.08. The summed E-state index contributed by atoms with van der Waals surface area (Å²) in [6, 6.07) is 14.9. The number of carboxylic acid groups (broad SMARTS) is 1. The summed E-state index contributed by atoms with van der Waals surface area (Å²) in [7, 11) is 0. The van der Waals surface area contributed by atoms with Crippen LogP contribution < -0.4 is 10.6 Å². The molecule has 3 N–H and O–H groups in total. The Hall–Kier alpha value is -2.82. The summed E-state index contributed by atoms with van der Waals surface area (Å²) < 4.78 is 0. The van der Waals surface area contributed by atoms with Crippen LogP contribution in [0, 0.1) is 0 Å². The standard InChI is InChI=1S/C23H28N2O3/c1-16(19-7-3-4-8-21(19)25-13-5-2-6-14-25)15-20(22(24)26)17-9-11-18(12-10-17)23(27)28/h3-4,7-12,16,20H,2,5-6,13-15H2,1H3,(H2,24,26)(H,27,28). The van der Waals surface area contributed by atoms with Gasteiger partial charge in [0, 0.05) is 18.8 Å². The first-order valence-electron chi connectivity index (χ1n) is 9.94. The van der Waals surface area contributed by atoms with Crippen molar-refractivity contribution in [2.75, 3.05) is 18.0 Å². The number of carbonyl (C=O) groups excluding carboxylic acids is 1. The lowest BCUT2D eigenvalue weighted by Gasteiger charge is -2.32. The second kappa shape index (κ2) is 8.91. The SMILES string of the molecule is CC(CC(C(N)=O)c1ccc(C(=O)O)cc1)c1ccccc1N1CCCCC1. The van der Waals surface area contributed by atoms with E-state index in [2.05, 4.69) is 30.0 Å². The zero-order chi connectivity index (χ0) is 20.1. The molecule has 2 atom stereocenters. The molecule has 2 aromatic rings. The lowest BCUT2D eigenvalue weighted by molar-refractivity contribution is -0.119. The van der Waals surface area contributed by atoms with E-state index >= 15 is 0 Å². The lowest BCUT2D eigenvalue weighted by Crippen LogP contribution is -2.30. The third-order valence-electron chi connectivity index (χ3n) is 5.66. The van der Waals surface area contributed by atoms with E-state index in [0.717, 1.165) is 18.7 Å². The van der Waals surface area contributed by atoms with E-state index in [0.29, 0.717) is 6.42 Å². The highest BCUT2D eigenvalue weighted by atomic mass is 16.4. The molecule has 2 unspecified atom stereocenters. The number of amides is 1. The minimum Gasteiger partial charge on any atom is -0.478 e. The monoisotopic (exact) mass is 380 g/mol. The van der Waals surface area contributed by atoms with E-state index in [1.807, 2.05) is 6.07 Å². The van der Waals surface area contributed by atoms with Crippen LogP contribution in [-0.2, 0) is 4.79 Å². The molecule has 5 heteroatoms. The maximum atomic E-state index is 12.2. The quantitative estimate of drug-likeness (QED) is 0.756. The highest BCUT2D eigenvalue weighted by Gasteiger charge is 2.24. The van der Waals surface area contributed by atoms with Crippen LogP contribution in [0.5, 0.6) is 0 Å². The molecular formula is C23H28N2O3. The number of nitrogens with zero attached hydrogens (tertiary/aromatic N) is 1. The molecule has 1 heterocycles. The molecule has 5 nitrogen and oxygen atoms in total. The average molecular weight is 380 g/mol. The highest BCUT2D eigenvalue weighted by molar-refractivity contribution is 5.88. The van der Waals surface area contributed by atoms with E-state index in [1.54, 1.807) is 12.1 Å². The lowest BCUT2D eigenvalue weighted by atomic mass is 9.84. The number of benzene rings is 2. The first-order chi connectivity index (χ1) is 13.5. The molecule has 148 valence electrons. The van der Waals surface area contributed by atoms with Crippen LogP contribution in [0.15, 0.2) is 48.5 Å². The first kappa shape index (κ1) is 19.9. The summed E-state index contributed by atoms with van der Waals surface area (Å²) in [5.41, 5.74) is 9.16. The summed E-state index contributed by atoms with van der Waals surface area (Å²) >= 11 is 0. The molecule has 0 radical (unpaired) electrons. The zero-order valence-electron chi connectivity index (χ0n) is 16.3. The third-order valence-corrected chi connectivity index (χ3v) is 5.66. The molecule has 28 heavy (non-hydrogen) atoms. The summed E-state index contributed by atoms with van der Waals surface area (Å²) in [6.45, 7) is 4.27. The minimum atomic E-state index is -0.981. The van der Waals surface area contributed by atoms with Gasteiger partial charge in [-0.15, -0.1) is 0 Å². The average Bonchev–Trinajstić information content (AvgIpc) is 2.72. The van der Waals surface area contributed by atoms with Gasteiger partial charge in [-0.25, -0.2) is 4.79 Å². The van der Waals surface area contributed by atoms with Crippen LogP contribution in [-0.4, -0.2) is 30.1 Å². The summed E-state index contributed by atoms with van der Waals surface area (Å²) in [6.07, 6.45) is 4.29. The van der Waals surface area contributed by atoms with Gasteiger partial charge in [0.1, 0.15) is 0 Å². The van der Waals surface area contributed by atoms with E-state index < -0.39 is 11.9 Å². The topological polar surface area (TPSA) is 83.6 Å². The molecule has 1 amide bonds. The Morgan fingerprint density at radius 3 is 2.29 bits per heavy atom. The fourth-order valence-electron chi connectivity index (χ4n) is 4.08. The summed E-state index contributed by atoms with van der Waals surface area (Å²) in [5.74, 6) is -1.67. The van der Waals surface area contributed by atoms with Crippen LogP contribution in [0.1, 0.15) is 65.9 Å². The van der Waals surface area contributed by atoms with Gasteiger partial charge >= 0.3 is 5.97 Å². The Kier molecular flexibility index (Phi) is 6.34. The maximum absolute atomic E-state index is 12.2.